The first-order chi connectivity index (χ1) is 20.0. The van der Waals surface area contributed by atoms with Crippen molar-refractivity contribution in [3.8, 4) is 0 Å². The zero-order chi connectivity index (χ0) is 32.4. The molecule has 3 rings (SSSR count). The minimum Gasteiger partial charge on any atom is -0.479 e. The number of nitrogen functional groups attached to an aromatic ring is 1. The number of amides is 1. The molecule has 43 heavy (non-hydrogen) atoms. The summed E-state index contributed by atoms with van der Waals surface area (Å²) in [5.74, 6) is -5.58. The zero-order valence-corrected chi connectivity index (χ0v) is 25.0. The highest BCUT2D eigenvalue weighted by Gasteiger charge is 2.52. The van der Waals surface area contributed by atoms with Gasteiger partial charge in [0.2, 0.25) is 5.85 Å². The summed E-state index contributed by atoms with van der Waals surface area (Å²) in [7, 11) is -3.97. The fourth-order valence-corrected chi connectivity index (χ4v) is 6.92. The van der Waals surface area contributed by atoms with Gasteiger partial charge in [-0.1, -0.05) is 5.21 Å². The number of ether oxygens (including phenoxy) is 4. The molecule has 0 spiro atoms. The maximum absolute atomic E-state index is 13.7. The molecule has 7 N–H and O–H groups in total. The number of carbonyl (C=O) groups is 4. The summed E-state index contributed by atoms with van der Waals surface area (Å²) >= 11 is 0. The van der Waals surface area contributed by atoms with Crippen molar-refractivity contribution in [2.45, 2.75) is 84.0 Å². The molecule has 21 heteroatoms. The van der Waals surface area contributed by atoms with E-state index >= 15 is 0 Å². The number of rotatable bonds is 12. The Morgan fingerprint density at radius 1 is 1.07 bits per heavy atom. The quantitative estimate of drug-likeness (QED) is 0.137. The maximum Gasteiger partial charge on any atom is 0.343 e. The second-order valence-electron chi connectivity index (χ2n) is 10.1. The van der Waals surface area contributed by atoms with Crippen molar-refractivity contribution in [1.29, 1.82) is 0 Å². The van der Waals surface area contributed by atoms with Crippen LogP contribution in [0.5, 0.6) is 0 Å². The van der Waals surface area contributed by atoms with Gasteiger partial charge in [0.05, 0.1) is 6.61 Å². The van der Waals surface area contributed by atoms with E-state index in [4.69, 9.17) is 30.4 Å². The van der Waals surface area contributed by atoms with Gasteiger partial charge in [-0.2, -0.15) is 9.36 Å². The summed E-state index contributed by atoms with van der Waals surface area (Å²) in [6.07, 6.45) is -6.09. The Morgan fingerprint density at radius 2 is 1.63 bits per heavy atom. The number of primary amides is 1. The summed E-state index contributed by atoms with van der Waals surface area (Å²) in [4.78, 5) is 61.7. The number of nitrogens with zero attached hydrogens (tertiary/aromatic N) is 5. The number of carbonyl (C=O) groups excluding carboxylic acids is 3. The first-order valence-corrected chi connectivity index (χ1v) is 14.7. The van der Waals surface area contributed by atoms with Crippen molar-refractivity contribution in [2.75, 3.05) is 12.3 Å². The van der Waals surface area contributed by atoms with E-state index in [2.05, 4.69) is 25.6 Å². The molecule has 2 aromatic heterocycles. The largest absolute Gasteiger partial charge is 0.479 e. The summed E-state index contributed by atoms with van der Waals surface area (Å²) in [5, 5.41) is 26.6. The van der Waals surface area contributed by atoms with E-state index in [0.29, 0.717) is 9.36 Å². The number of hydrogen-bond acceptors (Lipinski definition) is 14. The van der Waals surface area contributed by atoms with Crippen LogP contribution in [0.4, 0.5) is 10.6 Å². The third kappa shape index (κ3) is 7.34. The topological polar surface area (TPSA) is 284 Å². The van der Waals surface area contributed by atoms with Crippen LogP contribution in [-0.2, 0) is 37.9 Å². The summed E-state index contributed by atoms with van der Waals surface area (Å²) < 4.78 is 37.0. The second-order valence-corrected chi connectivity index (χ2v) is 12.4. The van der Waals surface area contributed by atoms with Gasteiger partial charge in [-0.3, -0.25) is 18.9 Å². The average molecular weight is 632 g/mol. The lowest BCUT2D eigenvalue weighted by Crippen LogP contribution is -2.44. The number of nitrogens with one attached hydrogen (secondary N) is 2. The minimum atomic E-state index is -3.97. The number of anilines is 1. The molecule has 3 heterocycles. The first kappa shape index (κ1) is 33.5. The van der Waals surface area contributed by atoms with Gasteiger partial charge in [0, 0.05) is 25.9 Å². The van der Waals surface area contributed by atoms with Crippen LogP contribution in [0, 0.1) is 0 Å². The highest BCUT2D eigenvalue weighted by Crippen LogP contribution is 2.45. The maximum atomic E-state index is 13.7. The predicted molar refractivity (Wildman–Crippen MR) is 146 cm³/mol. The molecular formula is C22H34N9O11P. The van der Waals surface area contributed by atoms with Crippen molar-refractivity contribution in [3.63, 3.8) is 0 Å². The van der Waals surface area contributed by atoms with E-state index in [0.717, 1.165) is 13.8 Å². The molecule has 238 valence electrons. The molecule has 1 aliphatic heterocycles. The molecule has 0 aromatic carbocycles. The van der Waals surface area contributed by atoms with Crippen LogP contribution in [0.3, 0.4) is 0 Å². The smallest absolute Gasteiger partial charge is 0.343 e. The second kappa shape index (κ2) is 13.1. The summed E-state index contributed by atoms with van der Waals surface area (Å²) in [6, 6.07) is -2.00. The molecule has 1 saturated heterocycles. The SMILES string of the molecule is CC(=O)OC1C(COC(C(=O)O)P(=O)(NC(C)C)NC(C)C)OC(n2nnc3c(N)nn(C(N)=O)c3c2=O)C1OC(C)=O. The fourth-order valence-electron chi connectivity index (χ4n) is 4.43. The average Bonchev–Trinajstić information content (AvgIpc) is 3.35. The predicted octanol–water partition coefficient (Wildman–Crippen LogP) is -1.13. The molecule has 0 radical (unpaired) electrons. The minimum absolute atomic E-state index is 0.256. The van der Waals surface area contributed by atoms with Crippen LogP contribution in [0.25, 0.3) is 11.0 Å². The summed E-state index contributed by atoms with van der Waals surface area (Å²) in [6.45, 7) is 8.05. The van der Waals surface area contributed by atoms with E-state index in [1.54, 1.807) is 27.7 Å². The third-order valence-corrected chi connectivity index (χ3v) is 8.57. The third-order valence-electron chi connectivity index (χ3n) is 5.74. The first-order valence-electron chi connectivity index (χ1n) is 12.9. The Morgan fingerprint density at radius 3 is 2.12 bits per heavy atom. The summed E-state index contributed by atoms with van der Waals surface area (Å²) in [5.41, 5.74) is 9.24. The van der Waals surface area contributed by atoms with E-state index in [-0.39, 0.29) is 11.3 Å². The van der Waals surface area contributed by atoms with Crippen molar-refractivity contribution < 1.29 is 47.8 Å². The number of aliphatic carboxylic acids is 1. The highest BCUT2D eigenvalue weighted by molar-refractivity contribution is 7.61. The van der Waals surface area contributed by atoms with Crippen LogP contribution in [-0.4, -0.2) is 96.7 Å². The van der Waals surface area contributed by atoms with Crippen LogP contribution in [0.15, 0.2) is 4.79 Å². The van der Waals surface area contributed by atoms with Crippen molar-refractivity contribution >= 4 is 48.2 Å². The van der Waals surface area contributed by atoms with E-state index in [1.807, 2.05) is 0 Å². The molecule has 2 aromatic rings. The molecule has 5 unspecified atom stereocenters. The van der Waals surface area contributed by atoms with Gasteiger partial charge in [0.15, 0.2) is 35.3 Å². The monoisotopic (exact) mass is 631 g/mol. The lowest BCUT2D eigenvalue weighted by molar-refractivity contribution is -0.166. The molecule has 0 saturated carbocycles. The van der Waals surface area contributed by atoms with Gasteiger partial charge in [-0.25, -0.2) is 19.8 Å². The van der Waals surface area contributed by atoms with E-state index in [9.17, 15) is 33.6 Å². The highest BCUT2D eigenvalue weighted by atomic mass is 31.2. The number of fused-ring (bicyclic) bond motifs is 1. The van der Waals surface area contributed by atoms with Crippen LogP contribution in [0.1, 0.15) is 47.8 Å². The van der Waals surface area contributed by atoms with Gasteiger partial charge in [0.1, 0.15) is 6.10 Å². The standard InChI is InChI=1S/C22H34N9O11P/c1-8(2)27-43(38,28-9(3)4)21(20(35)36)39-7-12-15(40-10(5)32)16(41-11(6)33)19(42-12)31-18(34)14-13(25-29-31)17(23)26-30(14)22(24)37/h8-9,12,15-16,19,21H,7H2,1-6H3,(H2,23,26)(H2,24,37)(H,35,36)(H2,27,28,38). The molecular weight excluding hydrogens is 597 g/mol. The van der Waals surface area contributed by atoms with Crippen LogP contribution < -0.4 is 27.2 Å². The Kier molecular flexibility index (Phi) is 10.2. The van der Waals surface area contributed by atoms with Crippen LogP contribution in [0.2, 0.25) is 0 Å². The Labute approximate surface area is 243 Å². The normalized spacial score (nSPS) is 21.3. The Hall–Kier alpha value is -3.97. The molecule has 5 atom stereocenters. The molecule has 20 nitrogen and oxygen atoms in total. The van der Waals surface area contributed by atoms with E-state index < -0.39 is 91.5 Å². The van der Waals surface area contributed by atoms with Crippen LogP contribution >= 0.6 is 7.44 Å². The lowest BCUT2D eigenvalue weighted by atomic mass is 10.1. The number of carboxylic acid groups (broad SMARTS) is 1. The number of aromatic nitrogens is 5. The van der Waals surface area contributed by atoms with Crippen molar-refractivity contribution in [3.05, 3.63) is 10.4 Å². The lowest BCUT2D eigenvalue weighted by Gasteiger charge is -2.30. The van der Waals surface area contributed by atoms with Gasteiger partial charge in [-0.15, -0.1) is 10.2 Å². The number of carboxylic acids is 1. The van der Waals surface area contributed by atoms with E-state index in [1.165, 1.54) is 0 Å². The fraction of sp³-hybridized carbons (Fsp3) is 0.636. The zero-order valence-electron chi connectivity index (χ0n) is 24.1. The number of hydrogen-bond donors (Lipinski definition) is 5. The van der Waals surface area contributed by atoms with Gasteiger partial charge >= 0.3 is 23.9 Å². The molecule has 0 aliphatic carbocycles. The Balaban J connectivity index is 2.07. The van der Waals surface area contributed by atoms with Crippen molar-refractivity contribution in [2.24, 2.45) is 5.73 Å². The molecule has 1 amide bonds. The van der Waals surface area contributed by atoms with Gasteiger partial charge in [0.25, 0.3) is 13.0 Å². The van der Waals surface area contributed by atoms with Gasteiger partial charge < -0.3 is 35.5 Å². The molecule has 0 bridgehead atoms. The van der Waals surface area contributed by atoms with Gasteiger partial charge in [-0.05, 0) is 27.7 Å². The number of esters is 2. The molecule has 1 aliphatic rings. The number of nitrogens with two attached hydrogens (primary N) is 2. The Bertz CT molecular complexity index is 1490. The molecule has 1 fully saturated rings. The van der Waals surface area contributed by atoms with Crippen molar-refractivity contribution in [1.82, 2.24) is 34.9 Å².